The Hall–Kier alpha value is -5.32. The van der Waals surface area contributed by atoms with Crippen LogP contribution >= 0.6 is 11.3 Å². The lowest BCUT2D eigenvalue weighted by atomic mass is 9.42. The van der Waals surface area contributed by atoms with Gasteiger partial charge < -0.3 is 9.71 Å². The molecule has 1 aromatic heterocycles. The zero-order valence-electron chi connectivity index (χ0n) is 43.5. The van der Waals surface area contributed by atoms with E-state index in [0.29, 0.717) is 0 Å². The molecule has 0 spiro atoms. The highest BCUT2D eigenvalue weighted by molar-refractivity contribution is 7.26. The number of rotatable bonds is 2. The molecule has 8 aromatic rings. The fraction of sp³-hybridized carbons (Fsp3) is 0.385. The zero-order valence-corrected chi connectivity index (χ0v) is 44.3. The number of anilines is 5. The minimum atomic E-state index is -0.0936. The Labute approximate surface area is 416 Å². The van der Waals surface area contributed by atoms with E-state index in [4.69, 9.17) is 0 Å². The summed E-state index contributed by atoms with van der Waals surface area (Å²) in [6.45, 7) is 32.1. The molecule has 5 aliphatic rings. The van der Waals surface area contributed by atoms with Gasteiger partial charge in [-0.3, -0.25) is 0 Å². The van der Waals surface area contributed by atoms with Gasteiger partial charge in [0.2, 0.25) is 0 Å². The van der Waals surface area contributed by atoms with Crippen molar-refractivity contribution in [1.82, 2.24) is 0 Å². The lowest BCUT2D eigenvalue weighted by Gasteiger charge is -2.49. The SMILES string of the molecule is Cc1cc2c(cc1N1c3ccc4sc5ccccc5c4c3B3c4c(cc5ccccc5c41)-c1cc4c(cc1N3c1ccc3c(c1)C(C)(C)CCC3(C)C)C(C)(C)CCC4(C)C)C(C)(C)CCC2(C)C. The average Bonchev–Trinajstić information content (AvgIpc) is 3.70. The molecular formula is C65H69BN2S. The molecular weight excluding hydrogens is 852 g/mol. The second-order valence-electron chi connectivity index (χ2n) is 26.1. The van der Waals surface area contributed by atoms with Crippen molar-refractivity contribution in [3.8, 4) is 11.1 Å². The number of nitrogens with zero attached hydrogens (tertiary/aromatic N) is 2. The summed E-state index contributed by atoms with van der Waals surface area (Å²) >= 11 is 1.95. The highest BCUT2D eigenvalue weighted by Crippen LogP contribution is 2.57. The van der Waals surface area contributed by atoms with Crippen molar-refractivity contribution in [2.24, 2.45) is 0 Å². The lowest BCUT2D eigenvalue weighted by Crippen LogP contribution is -2.62. The Bertz CT molecular complexity index is 3560. The van der Waals surface area contributed by atoms with Gasteiger partial charge in [0, 0.05) is 43.1 Å². The van der Waals surface area contributed by atoms with Gasteiger partial charge in [-0.05, 0) is 204 Å². The van der Waals surface area contributed by atoms with Crippen molar-refractivity contribution in [1.29, 1.82) is 0 Å². The lowest BCUT2D eigenvalue weighted by molar-refractivity contribution is 0.332. The Morgan fingerprint density at radius 1 is 0.435 bits per heavy atom. The third kappa shape index (κ3) is 6.03. The van der Waals surface area contributed by atoms with Crippen molar-refractivity contribution < 1.29 is 0 Å². The maximum atomic E-state index is 2.86. The molecule has 0 fully saturated rings. The zero-order chi connectivity index (χ0) is 48.1. The summed E-state index contributed by atoms with van der Waals surface area (Å²) in [5, 5.41) is 5.37. The van der Waals surface area contributed by atoms with E-state index >= 15 is 0 Å². The van der Waals surface area contributed by atoms with Gasteiger partial charge in [0.05, 0.1) is 5.69 Å². The standard InChI is InChI=1S/C65H69BN2S/c1-38-32-46-49(64(10,11)30-28-61(46,4)5)36-52(38)67-51-24-25-55-56(42-20-16-17-21-54(42)69-55)58(51)66-57-44(33-39-18-14-15-19-41(39)59(57)67)43-35-48-50(65(12,13)31-29-63(48,8)9)37-53(43)68(66)40-22-23-45-47(34-40)62(6,7)27-26-60(45,2)3/h14-25,32-37H,26-31H2,1-13H3. The van der Waals surface area contributed by atoms with Crippen LogP contribution < -0.4 is 20.6 Å². The van der Waals surface area contributed by atoms with Crippen molar-refractivity contribution in [3.05, 3.63) is 148 Å². The van der Waals surface area contributed by atoms with E-state index in [1.54, 1.807) is 0 Å². The molecule has 13 rings (SSSR count). The van der Waals surface area contributed by atoms with E-state index in [0.717, 1.165) is 0 Å². The quantitative estimate of drug-likeness (QED) is 0.159. The van der Waals surface area contributed by atoms with Crippen LogP contribution in [0.1, 0.15) is 161 Å². The molecule has 0 radical (unpaired) electrons. The van der Waals surface area contributed by atoms with Gasteiger partial charge in [0.1, 0.15) is 0 Å². The highest BCUT2D eigenvalue weighted by Gasteiger charge is 2.50. The number of fused-ring (bicyclic) bond motifs is 13. The van der Waals surface area contributed by atoms with Gasteiger partial charge in [-0.15, -0.1) is 11.3 Å². The van der Waals surface area contributed by atoms with Crippen molar-refractivity contribution >= 4 is 88.5 Å². The van der Waals surface area contributed by atoms with Crippen LogP contribution in [0.25, 0.3) is 42.1 Å². The monoisotopic (exact) mass is 921 g/mol. The maximum absolute atomic E-state index is 2.86. The summed E-state index contributed by atoms with van der Waals surface area (Å²) in [6.07, 6.45) is 7.11. The largest absolute Gasteiger partial charge is 0.376 e. The first-order valence-corrected chi connectivity index (χ1v) is 27.0. The van der Waals surface area contributed by atoms with E-state index < -0.39 is 0 Å². The van der Waals surface area contributed by atoms with Crippen LogP contribution in [-0.2, 0) is 32.5 Å². The number of hydrogen-bond acceptors (Lipinski definition) is 3. The first kappa shape index (κ1) is 43.7. The summed E-state index contributed by atoms with van der Waals surface area (Å²) in [4.78, 5) is 5.62. The van der Waals surface area contributed by atoms with Gasteiger partial charge >= 0.3 is 6.85 Å². The van der Waals surface area contributed by atoms with Gasteiger partial charge in [-0.25, -0.2) is 0 Å². The van der Waals surface area contributed by atoms with Gasteiger partial charge in [-0.1, -0.05) is 138 Å². The molecule has 348 valence electrons. The highest BCUT2D eigenvalue weighted by atomic mass is 32.1. The molecule has 2 nitrogen and oxygen atoms in total. The van der Waals surface area contributed by atoms with Crippen molar-refractivity contribution in [2.75, 3.05) is 9.71 Å². The van der Waals surface area contributed by atoms with E-state index in [9.17, 15) is 0 Å². The Balaban J connectivity index is 1.23. The minimum absolute atomic E-state index is 0.0483. The van der Waals surface area contributed by atoms with Crippen LogP contribution in [0.15, 0.2) is 109 Å². The molecule has 0 saturated heterocycles. The van der Waals surface area contributed by atoms with Crippen LogP contribution in [0.2, 0.25) is 0 Å². The van der Waals surface area contributed by atoms with Crippen molar-refractivity contribution in [3.63, 3.8) is 0 Å². The van der Waals surface area contributed by atoms with Gasteiger partial charge in [-0.2, -0.15) is 0 Å². The summed E-state index contributed by atoms with van der Waals surface area (Å²) in [7, 11) is 0. The normalized spacial score (nSPS) is 20.5. The van der Waals surface area contributed by atoms with E-state index in [1.165, 1.54) is 159 Å². The number of benzene rings is 7. The predicted octanol–water partition coefficient (Wildman–Crippen LogP) is 17.3. The van der Waals surface area contributed by atoms with E-state index in [-0.39, 0.29) is 39.3 Å². The molecule has 7 aromatic carbocycles. The molecule has 0 bridgehead atoms. The molecule has 3 heterocycles. The molecule has 2 aliphatic heterocycles. The summed E-state index contributed by atoms with van der Waals surface area (Å²) < 4.78 is 2.71. The minimum Gasteiger partial charge on any atom is -0.376 e. The van der Waals surface area contributed by atoms with E-state index in [1.807, 2.05) is 11.3 Å². The average molecular weight is 921 g/mol. The van der Waals surface area contributed by atoms with Crippen molar-refractivity contribution in [2.45, 2.75) is 161 Å². The van der Waals surface area contributed by atoms with Crippen LogP contribution in [-0.4, -0.2) is 6.85 Å². The Morgan fingerprint density at radius 3 is 1.62 bits per heavy atom. The molecule has 69 heavy (non-hydrogen) atoms. The fourth-order valence-corrected chi connectivity index (χ4v) is 15.4. The molecule has 0 unspecified atom stereocenters. The third-order valence-corrected chi connectivity index (χ3v) is 20.1. The third-order valence-electron chi connectivity index (χ3n) is 18.9. The fourth-order valence-electron chi connectivity index (χ4n) is 14.3. The first-order chi connectivity index (χ1) is 32.6. The Morgan fingerprint density at radius 2 is 0.971 bits per heavy atom. The van der Waals surface area contributed by atoms with Crippen LogP contribution in [0.3, 0.4) is 0 Å². The van der Waals surface area contributed by atoms with Gasteiger partial charge in [0.15, 0.2) is 0 Å². The van der Waals surface area contributed by atoms with Crippen LogP contribution in [0.4, 0.5) is 28.4 Å². The molecule has 0 amide bonds. The smallest absolute Gasteiger partial charge is 0.333 e. The summed E-state index contributed by atoms with van der Waals surface area (Å²) in [6, 6.07) is 44.4. The first-order valence-electron chi connectivity index (χ1n) is 26.2. The number of aryl methyl sites for hydroxylation is 1. The molecule has 0 saturated carbocycles. The molecule has 0 N–H and O–H groups in total. The number of thiophene rings is 1. The molecule has 0 atom stereocenters. The molecule has 4 heteroatoms. The van der Waals surface area contributed by atoms with Crippen LogP contribution in [0.5, 0.6) is 0 Å². The van der Waals surface area contributed by atoms with Gasteiger partial charge in [0.25, 0.3) is 0 Å². The summed E-state index contributed by atoms with van der Waals surface area (Å²) in [5.41, 5.74) is 23.0. The predicted molar refractivity (Wildman–Crippen MR) is 301 cm³/mol. The van der Waals surface area contributed by atoms with Crippen LogP contribution in [0, 0.1) is 6.92 Å². The second-order valence-corrected chi connectivity index (χ2v) is 27.2. The molecule has 3 aliphatic carbocycles. The Kier molecular flexibility index (Phi) is 8.84. The number of hydrogen-bond donors (Lipinski definition) is 0. The topological polar surface area (TPSA) is 6.48 Å². The maximum Gasteiger partial charge on any atom is 0.333 e. The summed E-state index contributed by atoms with van der Waals surface area (Å²) in [5.74, 6) is 0. The van der Waals surface area contributed by atoms with E-state index in [2.05, 4.69) is 209 Å². The second kappa shape index (κ2) is 14.0.